The van der Waals surface area contributed by atoms with Crippen molar-refractivity contribution in [2.75, 3.05) is 23.6 Å². The van der Waals surface area contributed by atoms with Crippen LogP contribution >= 0.6 is 0 Å². The molecule has 0 saturated heterocycles. The molecule has 0 spiro atoms. The van der Waals surface area contributed by atoms with Crippen LogP contribution in [0.5, 0.6) is 5.75 Å². The van der Waals surface area contributed by atoms with Crippen molar-refractivity contribution in [2.24, 2.45) is 0 Å². The van der Waals surface area contributed by atoms with Gasteiger partial charge in [-0.15, -0.1) is 0 Å². The monoisotopic (exact) mass is 277 g/mol. The molecule has 1 aromatic rings. The van der Waals surface area contributed by atoms with Gasteiger partial charge in [0.2, 0.25) is 5.91 Å². The Balaban J connectivity index is 3.50. The van der Waals surface area contributed by atoms with E-state index in [4.69, 9.17) is 4.74 Å². The summed E-state index contributed by atoms with van der Waals surface area (Å²) in [5, 5.41) is 19.5. The second-order valence-corrected chi connectivity index (χ2v) is 4.17. The van der Waals surface area contributed by atoms with Gasteiger partial charge in [-0.3, -0.25) is 14.9 Å². The van der Waals surface area contributed by atoms with Crippen molar-refractivity contribution >= 4 is 17.3 Å². The van der Waals surface area contributed by atoms with Gasteiger partial charge in [-0.1, -0.05) is 6.92 Å². The van der Waals surface area contributed by atoms with Crippen molar-refractivity contribution in [2.45, 2.75) is 27.2 Å². The Morgan fingerprint density at radius 3 is 2.50 bits per heavy atom. The van der Waals surface area contributed by atoms with E-state index in [9.17, 15) is 15.3 Å². The third kappa shape index (κ3) is 3.00. The second-order valence-electron chi connectivity index (χ2n) is 4.17. The van der Waals surface area contributed by atoms with Crippen LogP contribution in [0, 0.1) is 11.5 Å². The summed E-state index contributed by atoms with van der Waals surface area (Å²) in [5.74, 6) is 0.0243. The molecule has 20 heavy (non-hydrogen) atoms. The lowest BCUT2D eigenvalue weighted by atomic mass is 10.1. The molecule has 1 rings (SSSR count). The molecular formula is C14H19N3O3. The standard InChI is InChI=1S/C14H19N3O3/c1-5-12-13(16(6-2)9-15)7-11(8-14(12)20-4)17(19)10(3)18/h7-8,19H,5-6H2,1-4H3. The van der Waals surface area contributed by atoms with Crippen LogP contribution in [0.25, 0.3) is 0 Å². The van der Waals surface area contributed by atoms with E-state index in [0.717, 1.165) is 5.56 Å². The van der Waals surface area contributed by atoms with Crippen molar-refractivity contribution in [3.63, 3.8) is 0 Å². The predicted molar refractivity (Wildman–Crippen MR) is 76.0 cm³/mol. The summed E-state index contributed by atoms with van der Waals surface area (Å²) in [6.07, 6.45) is 2.75. The molecule has 0 bridgehead atoms. The number of methoxy groups -OCH3 is 1. The van der Waals surface area contributed by atoms with E-state index in [-0.39, 0.29) is 5.69 Å². The lowest BCUT2D eigenvalue weighted by Gasteiger charge is -2.22. The normalized spacial score (nSPS) is 9.80. The van der Waals surface area contributed by atoms with Gasteiger partial charge in [0.1, 0.15) is 5.75 Å². The maximum atomic E-state index is 11.3. The zero-order valence-electron chi connectivity index (χ0n) is 12.2. The number of anilines is 2. The number of amides is 1. The van der Waals surface area contributed by atoms with E-state index in [2.05, 4.69) is 6.19 Å². The Labute approximate surface area is 118 Å². The van der Waals surface area contributed by atoms with Crippen LogP contribution in [0.1, 0.15) is 26.3 Å². The van der Waals surface area contributed by atoms with Crippen molar-refractivity contribution in [1.29, 1.82) is 5.26 Å². The van der Waals surface area contributed by atoms with Crippen molar-refractivity contribution < 1.29 is 14.7 Å². The molecule has 0 radical (unpaired) electrons. The van der Waals surface area contributed by atoms with Crippen LogP contribution in [-0.2, 0) is 11.2 Å². The molecule has 0 fully saturated rings. The molecular weight excluding hydrogens is 258 g/mol. The van der Waals surface area contributed by atoms with E-state index in [1.165, 1.54) is 18.9 Å². The number of hydrogen-bond donors (Lipinski definition) is 1. The summed E-state index contributed by atoms with van der Waals surface area (Å²) in [5.41, 5.74) is 1.76. The molecule has 1 aromatic carbocycles. The molecule has 6 heteroatoms. The minimum Gasteiger partial charge on any atom is -0.496 e. The highest BCUT2D eigenvalue weighted by Gasteiger charge is 2.18. The number of nitriles is 1. The third-order valence-electron chi connectivity index (χ3n) is 3.01. The van der Waals surface area contributed by atoms with Crippen molar-refractivity contribution in [1.82, 2.24) is 0 Å². The van der Waals surface area contributed by atoms with Crippen LogP contribution in [-0.4, -0.2) is 24.8 Å². The molecule has 0 unspecified atom stereocenters. The lowest BCUT2D eigenvalue weighted by molar-refractivity contribution is -0.121. The Kier molecular flexibility index (Phi) is 5.35. The smallest absolute Gasteiger partial charge is 0.247 e. The number of hydroxylamine groups is 1. The summed E-state index contributed by atoms with van der Waals surface area (Å²) in [6, 6.07) is 3.18. The molecule has 6 nitrogen and oxygen atoms in total. The van der Waals surface area contributed by atoms with Gasteiger partial charge < -0.3 is 4.74 Å². The first kappa shape index (κ1) is 15.8. The number of benzene rings is 1. The lowest BCUT2D eigenvalue weighted by Crippen LogP contribution is -2.25. The summed E-state index contributed by atoms with van der Waals surface area (Å²) < 4.78 is 5.30. The minimum atomic E-state index is -0.512. The first-order valence-electron chi connectivity index (χ1n) is 6.37. The van der Waals surface area contributed by atoms with Gasteiger partial charge in [-0.05, 0) is 19.4 Å². The molecule has 0 saturated carbocycles. The molecule has 0 aromatic heterocycles. The molecule has 1 amide bonds. The van der Waals surface area contributed by atoms with E-state index >= 15 is 0 Å². The maximum absolute atomic E-state index is 11.3. The van der Waals surface area contributed by atoms with Crippen molar-refractivity contribution in [3.8, 4) is 11.9 Å². The molecule has 0 aliphatic rings. The average molecular weight is 277 g/mol. The zero-order valence-corrected chi connectivity index (χ0v) is 12.2. The number of rotatable bonds is 5. The van der Waals surface area contributed by atoms with Crippen LogP contribution in [0.2, 0.25) is 0 Å². The first-order chi connectivity index (χ1) is 9.49. The van der Waals surface area contributed by atoms with Gasteiger partial charge in [-0.25, -0.2) is 0 Å². The predicted octanol–water partition coefficient (Wildman–Crippen LogP) is 2.31. The van der Waals surface area contributed by atoms with Crippen LogP contribution < -0.4 is 14.7 Å². The Morgan fingerprint density at radius 1 is 1.45 bits per heavy atom. The average Bonchev–Trinajstić information content (AvgIpc) is 2.46. The van der Waals surface area contributed by atoms with E-state index in [1.807, 2.05) is 13.8 Å². The fraction of sp³-hybridized carbons (Fsp3) is 0.429. The molecule has 0 aliphatic heterocycles. The SMILES string of the molecule is CCc1c(OC)cc(N(O)C(C)=O)cc1N(C#N)CC. The summed E-state index contributed by atoms with van der Waals surface area (Å²) in [7, 11) is 1.51. The van der Waals surface area contributed by atoms with Gasteiger partial charge in [0, 0.05) is 25.1 Å². The van der Waals surface area contributed by atoms with Crippen molar-refractivity contribution in [3.05, 3.63) is 17.7 Å². The first-order valence-corrected chi connectivity index (χ1v) is 6.37. The van der Waals surface area contributed by atoms with Gasteiger partial charge in [0.25, 0.3) is 0 Å². The topological polar surface area (TPSA) is 76.8 Å². The molecule has 1 N–H and O–H groups in total. The number of hydrogen-bond acceptors (Lipinski definition) is 5. The Bertz CT molecular complexity index is 537. The number of ether oxygens (including phenoxy) is 1. The quantitative estimate of drug-likeness (QED) is 0.387. The Morgan fingerprint density at radius 2 is 2.10 bits per heavy atom. The Hall–Kier alpha value is -2.26. The van der Waals surface area contributed by atoms with Gasteiger partial charge in [-0.2, -0.15) is 10.3 Å². The summed E-state index contributed by atoms with van der Waals surface area (Å²) >= 11 is 0. The molecule has 0 heterocycles. The number of nitrogens with zero attached hydrogens (tertiary/aromatic N) is 3. The third-order valence-corrected chi connectivity index (χ3v) is 3.01. The molecule has 0 atom stereocenters. The fourth-order valence-corrected chi connectivity index (χ4v) is 1.99. The number of carbonyl (C=O) groups excluding carboxylic acids is 1. The van der Waals surface area contributed by atoms with Crippen LogP contribution in [0.4, 0.5) is 11.4 Å². The fourth-order valence-electron chi connectivity index (χ4n) is 1.99. The van der Waals surface area contributed by atoms with Crippen LogP contribution in [0.3, 0.4) is 0 Å². The second kappa shape index (κ2) is 6.78. The largest absolute Gasteiger partial charge is 0.496 e. The van der Waals surface area contributed by atoms with E-state index < -0.39 is 5.91 Å². The minimum absolute atomic E-state index is 0.273. The highest BCUT2D eigenvalue weighted by Crippen LogP contribution is 2.35. The summed E-state index contributed by atoms with van der Waals surface area (Å²) in [4.78, 5) is 12.8. The van der Waals surface area contributed by atoms with Gasteiger partial charge in [0.15, 0.2) is 6.19 Å². The highest BCUT2D eigenvalue weighted by molar-refractivity contribution is 5.90. The zero-order chi connectivity index (χ0) is 15.3. The van der Waals surface area contributed by atoms with Gasteiger partial charge in [0.05, 0.1) is 18.5 Å². The molecule has 0 aliphatic carbocycles. The van der Waals surface area contributed by atoms with E-state index in [0.29, 0.717) is 29.5 Å². The highest BCUT2D eigenvalue weighted by atomic mass is 16.5. The van der Waals surface area contributed by atoms with Crippen LogP contribution in [0.15, 0.2) is 12.1 Å². The van der Waals surface area contributed by atoms with E-state index in [1.54, 1.807) is 12.1 Å². The molecule has 108 valence electrons. The van der Waals surface area contributed by atoms with Gasteiger partial charge >= 0.3 is 0 Å². The maximum Gasteiger partial charge on any atom is 0.247 e. The summed E-state index contributed by atoms with van der Waals surface area (Å²) in [6.45, 7) is 5.54. The number of carbonyl (C=O) groups is 1.